The van der Waals surface area contributed by atoms with Gasteiger partial charge >= 0.3 is 0 Å². The Balaban J connectivity index is 1.59. The average molecular weight is 274 g/mol. The minimum absolute atomic E-state index is 0.611. The molecule has 1 aliphatic heterocycles. The van der Waals surface area contributed by atoms with Crippen LogP contribution < -0.4 is 0 Å². The summed E-state index contributed by atoms with van der Waals surface area (Å²) >= 11 is 0. The molecule has 0 spiro atoms. The van der Waals surface area contributed by atoms with E-state index in [0.29, 0.717) is 24.2 Å². The molecule has 0 saturated carbocycles. The van der Waals surface area contributed by atoms with E-state index in [-0.39, 0.29) is 0 Å². The molecule has 0 aliphatic carbocycles. The first kappa shape index (κ1) is 13.2. The summed E-state index contributed by atoms with van der Waals surface area (Å²) in [6.07, 6.45) is 4.58. The third kappa shape index (κ3) is 3.20. The minimum atomic E-state index is 0.611. The molecule has 6 heteroatoms. The molecule has 1 saturated heterocycles. The standard InChI is InChI=1S/C14H18N4O2/c1-18(8-11-4-7-19-10-11)9-13-16-14(17-20-13)12-2-5-15-6-3-12/h2-3,5-6,11H,4,7-10H2,1H3/t11-/m0/s1. The van der Waals surface area contributed by atoms with Crippen molar-refractivity contribution in [3.05, 3.63) is 30.4 Å². The molecule has 0 N–H and O–H groups in total. The Morgan fingerprint density at radius 2 is 2.20 bits per heavy atom. The quantitative estimate of drug-likeness (QED) is 0.825. The van der Waals surface area contributed by atoms with Crippen LogP contribution in [0.5, 0.6) is 0 Å². The highest BCUT2D eigenvalue weighted by Gasteiger charge is 2.18. The van der Waals surface area contributed by atoms with Gasteiger partial charge in [-0.25, -0.2) is 0 Å². The van der Waals surface area contributed by atoms with Crippen molar-refractivity contribution >= 4 is 0 Å². The molecule has 1 fully saturated rings. The fourth-order valence-corrected chi connectivity index (χ4v) is 2.40. The zero-order chi connectivity index (χ0) is 13.8. The number of nitrogens with zero attached hydrogens (tertiary/aromatic N) is 4. The first-order valence-corrected chi connectivity index (χ1v) is 6.80. The largest absolute Gasteiger partial charge is 0.381 e. The van der Waals surface area contributed by atoms with Crippen LogP contribution in [0.1, 0.15) is 12.3 Å². The summed E-state index contributed by atoms with van der Waals surface area (Å²) in [6, 6.07) is 3.74. The second-order valence-corrected chi connectivity index (χ2v) is 5.17. The molecule has 0 bridgehead atoms. The lowest BCUT2D eigenvalue weighted by Gasteiger charge is -2.17. The summed E-state index contributed by atoms with van der Waals surface area (Å²) in [7, 11) is 2.06. The van der Waals surface area contributed by atoms with Gasteiger partial charge in [-0.15, -0.1) is 0 Å². The number of aromatic nitrogens is 3. The average Bonchev–Trinajstić information content (AvgIpc) is 3.11. The molecule has 6 nitrogen and oxygen atoms in total. The van der Waals surface area contributed by atoms with Crippen molar-refractivity contribution in [3.8, 4) is 11.4 Å². The van der Waals surface area contributed by atoms with Gasteiger partial charge in [0.25, 0.3) is 0 Å². The summed E-state index contributed by atoms with van der Waals surface area (Å²) in [6.45, 7) is 3.39. The second-order valence-electron chi connectivity index (χ2n) is 5.17. The molecule has 20 heavy (non-hydrogen) atoms. The number of hydrogen-bond acceptors (Lipinski definition) is 6. The monoisotopic (exact) mass is 274 g/mol. The van der Waals surface area contributed by atoms with Gasteiger partial charge < -0.3 is 9.26 Å². The topological polar surface area (TPSA) is 64.3 Å². The van der Waals surface area contributed by atoms with E-state index in [4.69, 9.17) is 9.26 Å². The Morgan fingerprint density at radius 3 is 2.95 bits per heavy atom. The van der Waals surface area contributed by atoms with Crippen LogP contribution in [-0.2, 0) is 11.3 Å². The highest BCUT2D eigenvalue weighted by atomic mass is 16.5. The Hall–Kier alpha value is -1.79. The maximum absolute atomic E-state index is 5.39. The van der Waals surface area contributed by atoms with Crippen molar-refractivity contribution in [2.75, 3.05) is 26.8 Å². The lowest BCUT2D eigenvalue weighted by molar-refractivity contribution is 0.169. The highest BCUT2D eigenvalue weighted by molar-refractivity contribution is 5.52. The summed E-state index contributed by atoms with van der Waals surface area (Å²) in [5.41, 5.74) is 0.918. The third-order valence-electron chi connectivity index (χ3n) is 3.41. The van der Waals surface area contributed by atoms with E-state index in [1.807, 2.05) is 12.1 Å². The normalized spacial score (nSPS) is 18.8. The van der Waals surface area contributed by atoms with Crippen molar-refractivity contribution in [1.82, 2.24) is 20.0 Å². The van der Waals surface area contributed by atoms with Gasteiger partial charge in [-0.05, 0) is 31.5 Å². The summed E-state index contributed by atoms with van der Waals surface area (Å²) in [4.78, 5) is 10.6. The van der Waals surface area contributed by atoms with Crippen LogP contribution in [0.4, 0.5) is 0 Å². The van der Waals surface area contributed by atoms with E-state index in [1.54, 1.807) is 12.4 Å². The number of rotatable bonds is 5. The predicted octanol–water partition coefficient (Wildman–Crippen LogP) is 1.60. The van der Waals surface area contributed by atoms with Gasteiger partial charge in [-0.2, -0.15) is 4.98 Å². The van der Waals surface area contributed by atoms with Gasteiger partial charge in [0.15, 0.2) is 0 Å². The maximum Gasteiger partial charge on any atom is 0.241 e. The van der Waals surface area contributed by atoms with Crippen LogP contribution in [-0.4, -0.2) is 46.8 Å². The number of pyridine rings is 1. The summed E-state index contributed by atoms with van der Waals surface area (Å²) in [5.74, 6) is 1.86. The molecule has 0 aromatic carbocycles. The molecular weight excluding hydrogens is 256 g/mol. The summed E-state index contributed by atoms with van der Waals surface area (Å²) < 4.78 is 10.7. The molecular formula is C14H18N4O2. The highest BCUT2D eigenvalue weighted by Crippen LogP contribution is 2.16. The van der Waals surface area contributed by atoms with Crippen molar-refractivity contribution in [2.24, 2.45) is 5.92 Å². The van der Waals surface area contributed by atoms with Crippen LogP contribution in [0, 0.1) is 5.92 Å². The van der Waals surface area contributed by atoms with E-state index < -0.39 is 0 Å². The molecule has 3 heterocycles. The van der Waals surface area contributed by atoms with Crippen LogP contribution in [0.25, 0.3) is 11.4 Å². The number of hydrogen-bond donors (Lipinski definition) is 0. The Morgan fingerprint density at radius 1 is 1.35 bits per heavy atom. The fraction of sp³-hybridized carbons (Fsp3) is 0.500. The van der Waals surface area contributed by atoms with E-state index in [9.17, 15) is 0 Å². The molecule has 2 aromatic heterocycles. The first-order chi connectivity index (χ1) is 9.81. The molecule has 3 rings (SSSR count). The van der Waals surface area contributed by atoms with Crippen molar-refractivity contribution in [1.29, 1.82) is 0 Å². The molecule has 1 atom stereocenters. The van der Waals surface area contributed by atoms with E-state index in [2.05, 4.69) is 27.1 Å². The van der Waals surface area contributed by atoms with E-state index in [1.165, 1.54) is 0 Å². The van der Waals surface area contributed by atoms with E-state index in [0.717, 1.165) is 31.7 Å². The van der Waals surface area contributed by atoms with Gasteiger partial charge in [0.2, 0.25) is 11.7 Å². The van der Waals surface area contributed by atoms with Gasteiger partial charge in [0.1, 0.15) is 0 Å². The predicted molar refractivity (Wildman–Crippen MR) is 72.8 cm³/mol. The molecule has 0 radical (unpaired) electrons. The second kappa shape index (κ2) is 6.11. The van der Waals surface area contributed by atoms with Gasteiger partial charge in [-0.1, -0.05) is 5.16 Å². The van der Waals surface area contributed by atoms with Crippen molar-refractivity contribution in [3.63, 3.8) is 0 Å². The zero-order valence-corrected chi connectivity index (χ0v) is 11.5. The summed E-state index contributed by atoms with van der Waals surface area (Å²) in [5, 5.41) is 4.01. The molecule has 106 valence electrons. The van der Waals surface area contributed by atoms with Crippen LogP contribution in [0.2, 0.25) is 0 Å². The van der Waals surface area contributed by atoms with Crippen molar-refractivity contribution in [2.45, 2.75) is 13.0 Å². The van der Waals surface area contributed by atoms with Crippen LogP contribution >= 0.6 is 0 Å². The van der Waals surface area contributed by atoms with Gasteiger partial charge in [-0.3, -0.25) is 9.88 Å². The third-order valence-corrected chi connectivity index (χ3v) is 3.41. The van der Waals surface area contributed by atoms with Crippen molar-refractivity contribution < 1.29 is 9.26 Å². The Kier molecular flexibility index (Phi) is 4.03. The maximum atomic E-state index is 5.39. The fourth-order valence-electron chi connectivity index (χ4n) is 2.40. The Labute approximate surface area is 117 Å². The van der Waals surface area contributed by atoms with Gasteiger partial charge in [0.05, 0.1) is 13.2 Å². The van der Waals surface area contributed by atoms with Gasteiger partial charge in [0, 0.05) is 31.1 Å². The Bertz CT molecular complexity index is 537. The SMILES string of the molecule is CN(Cc1nc(-c2ccncc2)no1)C[C@@H]1CCOC1. The molecule has 0 unspecified atom stereocenters. The lowest BCUT2D eigenvalue weighted by atomic mass is 10.1. The minimum Gasteiger partial charge on any atom is -0.381 e. The first-order valence-electron chi connectivity index (χ1n) is 6.80. The van der Waals surface area contributed by atoms with Crippen LogP contribution in [0.15, 0.2) is 29.0 Å². The molecule has 2 aromatic rings. The lowest BCUT2D eigenvalue weighted by Crippen LogP contribution is -2.25. The molecule has 0 amide bonds. The van der Waals surface area contributed by atoms with Crippen LogP contribution in [0.3, 0.4) is 0 Å². The molecule has 1 aliphatic rings. The smallest absolute Gasteiger partial charge is 0.241 e. The number of ether oxygens (including phenoxy) is 1. The van der Waals surface area contributed by atoms with E-state index >= 15 is 0 Å². The zero-order valence-electron chi connectivity index (χ0n) is 11.5.